The third kappa shape index (κ3) is 3.29. The lowest BCUT2D eigenvalue weighted by atomic mass is 9.90. The monoisotopic (exact) mass is 399 g/mol. The molecule has 2 N–H and O–H groups in total. The number of hydrogen-bond donors (Lipinski definition) is 1. The molecule has 0 bridgehead atoms. The van der Waals surface area contributed by atoms with Crippen LogP contribution in [-0.4, -0.2) is 29.7 Å². The summed E-state index contributed by atoms with van der Waals surface area (Å²) in [6.07, 6.45) is 3.30. The predicted octanol–water partition coefficient (Wildman–Crippen LogP) is 3.04. The van der Waals surface area contributed by atoms with Gasteiger partial charge < -0.3 is 5.73 Å². The number of benzene rings is 1. The highest BCUT2D eigenvalue weighted by molar-refractivity contribution is 7.93. The van der Waals surface area contributed by atoms with Gasteiger partial charge in [-0.2, -0.15) is 0 Å². The number of pyridine rings is 1. The van der Waals surface area contributed by atoms with E-state index >= 15 is 0 Å². The van der Waals surface area contributed by atoms with Gasteiger partial charge in [0.05, 0.1) is 5.75 Å². The van der Waals surface area contributed by atoms with Gasteiger partial charge in [0.2, 0.25) is 0 Å². The van der Waals surface area contributed by atoms with E-state index in [1.807, 2.05) is 6.07 Å². The van der Waals surface area contributed by atoms with E-state index in [9.17, 15) is 12.8 Å². The van der Waals surface area contributed by atoms with E-state index in [-0.39, 0.29) is 17.2 Å². The van der Waals surface area contributed by atoms with Gasteiger partial charge >= 0.3 is 0 Å². The number of rotatable bonds is 2. The van der Waals surface area contributed by atoms with Crippen molar-refractivity contribution in [3.63, 3.8) is 0 Å². The number of sulfone groups is 1. The molecule has 28 heavy (non-hydrogen) atoms. The Bertz CT molecular complexity index is 1140. The third-order valence-electron chi connectivity index (χ3n) is 5.12. The standard InChI is InChI=1S/C21H22FN3O2S/c1-5-6-14-9-16(12-24-11-14)15-7-8-18(22)17(10-15)21(4)13-28(26,27)20(2,3)19(23)25-21/h7-12H,13H2,1-4H3,(H2,23,25)/t21-/m0/s1. The molecule has 1 atom stereocenters. The Morgan fingerprint density at radius 1 is 1.14 bits per heavy atom. The molecule has 0 aliphatic carbocycles. The normalized spacial score (nSPS) is 22.7. The summed E-state index contributed by atoms with van der Waals surface area (Å²) in [7, 11) is -3.63. The maximum atomic E-state index is 14.7. The van der Waals surface area contributed by atoms with Crippen LogP contribution < -0.4 is 5.73 Å². The van der Waals surface area contributed by atoms with Crippen molar-refractivity contribution in [3.8, 4) is 23.0 Å². The first-order chi connectivity index (χ1) is 13.0. The highest BCUT2D eigenvalue weighted by Gasteiger charge is 2.49. The van der Waals surface area contributed by atoms with Crippen molar-refractivity contribution in [3.05, 3.63) is 53.6 Å². The van der Waals surface area contributed by atoms with Gasteiger partial charge in [-0.25, -0.2) is 12.8 Å². The second-order valence-corrected chi connectivity index (χ2v) is 10.1. The SMILES string of the molecule is CC#Cc1cncc(-c2ccc(F)c([C@]3(C)CS(=O)(=O)C(C)(C)C(N)=N3)c2)c1. The third-order valence-corrected chi connectivity index (χ3v) is 7.83. The number of amidine groups is 1. The fraction of sp³-hybridized carbons (Fsp3) is 0.333. The fourth-order valence-electron chi connectivity index (χ4n) is 3.21. The average molecular weight is 399 g/mol. The van der Waals surface area contributed by atoms with Crippen LogP contribution in [0.3, 0.4) is 0 Å². The molecular weight excluding hydrogens is 377 g/mol. The summed E-state index contributed by atoms with van der Waals surface area (Å²) >= 11 is 0. The molecule has 0 unspecified atom stereocenters. The van der Waals surface area contributed by atoms with Crippen LogP contribution in [0.4, 0.5) is 4.39 Å². The summed E-state index contributed by atoms with van der Waals surface area (Å²) in [5.74, 6) is 4.87. The molecule has 0 amide bonds. The van der Waals surface area contributed by atoms with Gasteiger partial charge in [-0.1, -0.05) is 12.0 Å². The Hall–Kier alpha value is -2.72. The van der Waals surface area contributed by atoms with Crippen LogP contribution in [0, 0.1) is 17.7 Å². The second kappa shape index (κ2) is 6.71. The molecule has 1 aliphatic heterocycles. The van der Waals surface area contributed by atoms with Crippen molar-refractivity contribution < 1.29 is 12.8 Å². The van der Waals surface area contributed by atoms with E-state index in [2.05, 4.69) is 21.8 Å². The van der Waals surface area contributed by atoms with Crippen LogP contribution in [0.15, 0.2) is 41.7 Å². The molecule has 0 saturated carbocycles. The van der Waals surface area contributed by atoms with Gasteiger partial charge in [0, 0.05) is 29.1 Å². The number of aromatic nitrogens is 1. The Morgan fingerprint density at radius 2 is 1.86 bits per heavy atom. The maximum Gasteiger partial charge on any atom is 0.165 e. The van der Waals surface area contributed by atoms with Crippen molar-refractivity contribution >= 4 is 15.7 Å². The van der Waals surface area contributed by atoms with Gasteiger partial charge in [-0.05, 0) is 51.5 Å². The Labute approximate surface area is 164 Å². The lowest BCUT2D eigenvalue weighted by molar-refractivity contribution is 0.476. The summed E-state index contributed by atoms with van der Waals surface area (Å²) in [4.78, 5) is 8.59. The van der Waals surface area contributed by atoms with Gasteiger partial charge in [0.1, 0.15) is 21.9 Å². The molecule has 0 fully saturated rings. The van der Waals surface area contributed by atoms with Crippen LogP contribution >= 0.6 is 0 Å². The highest BCUT2D eigenvalue weighted by Crippen LogP contribution is 2.39. The van der Waals surface area contributed by atoms with Gasteiger partial charge in [0.15, 0.2) is 9.84 Å². The molecule has 146 valence electrons. The van der Waals surface area contributed by atoms with Gasteiger partial charge in [-0.3, -0.25) is 9.98 Å². The van der Waals surface area contributed by atoms with E-state index < -0.39 is 25.9 Å². The summed E-state index contributed by atoms with van der Waals surface area (Å²) in [6, 6.07) is 6.39. The summed E-state index contributed by atoms with van der Waals surface area (Å²) < 4.78 is 39.0. The second-order valence-electron chi connectivity index (χ2n) is 7.57. The topological polar surface area (TPSA) is 85.4 Å². The minimum Gasteiger partial charge on any atom is -0.386 e. The first kappa shape index (κ1) is 20.0. The smallest absolute Gasteiger partial charge is 0.165 e. The average Bonchev–Trinajstić information content (AvgIpc) is 2.60. The molecule has 5 nitrogen and oxygen atoms in total. The van der Waals surface area contributed by atoms with Crippen LogP contribution in [-0.2, 0) is 15.4 Å². The predicted molar refractivity (Wildman–Crippen MR) is 109 cm³/mol. The lowest BCUT2D eigenvalue weighted by Crippen LogP contribution is -2.54. The van der Waals surface area contributed by atoms with Gasteiger partial charge in [0.25, 0.3) is 0 Å². The Kier molecular flexibility index (Phi) is 4.80. The molecule has 1 aromatic carbocycles. The van der Waals surface area contributed by atoms with Crippen molar-refractivity contribution in [1.29, 1.82) is 0 Å². The summed E-state index contributed by atoms with van der Waals surface area (Å²) in [5.41, 5.74) is 7.03. The van der Waals surface area contributed by atoms with Crippen molar-refractivity contribution in [2.24, 2.45) is 10.7 Å². The molecule has 2 aromatic rings. The van der Waals surface area contributed by atoms with E-state index in [4.69, 9.17) is 5.73 Å². The van der Waals surface area contributed by atoms with Gasteiger partial charge in [-0.15, -0.1) is 5.92 Å². The maximum absolute atomic E-state index is 14.7. The quantitative estimate of drug-likeness (QED) is 0.787. The molecule has 0 saturated heterocycles. The van der Waals surface area contributed by atoms with Crippen LogP contribution in [0.2, 0.25) is 0 Å². The number of nitrogens with two attached hydrogens (primary N) is 1. The van der Waals surface area contributed by atoms with Crippen molar-refractivity contribution in [1.82, 2.24) is 4.98 Å². The molecule has 3 rings (SSSR count). The zero-order valence-corrected chi connectivity index (χ0v) is 17.1. The lowest BCUT2D eigenvalue weighted by Gasteiger charge is -2.38. The number of aliphatic imine (C=N–C) groups is 1. The molecule has 2 heterocycles. The van der Waals surface area contributed by atoms with Crippen LogP contribution in [0.25, 0.3) is 11.1 Å². The molecular formula is C21H22FN3O2S. The van der Waals surface area contributed by atoms with E-state index in [0.717, 1.165) is 11.1 Å². The number of hydrogen-bond acceptors (Lipinski definition) is 5. The molecule has 0 radical (unpaired) electrons. The zero-order valence-electron chi connectivity index (χ0n) is 16.2. The summed E-state index contributed by atoms with van der Waals surface area (Å²) in [5, 5.41) is 0. The minimum absolute atomic E-state index is 0.0204. The Balaban J connectivity index is 2.16. The van der Waals surface area contributed by atoms with Crippen LogP contribution in [0.5, 0.6) is 0 Å². The van der Waals surface area contributed by atoms with Crippen LogP contribution in [0.1, 0.15) is 38.8 Å². The van der Waals surface area contributed by atoms with E-state index in [0.29, 0.717) is 5.56 Å². The Morgan fingerprint density at radius 3 is 2.50 bits per heavy atom. The van der Waals surface area contributed by atoms with E-state index in [1.165, 1.54) is 19.9 Å². The first-order valence-electron chi connectivity index (χ1n) is 8.76. The summed E-state index contributed by atoms with van der Waals surface area (Å²) in [6.45, 7) is 6.35. The number of nitrogens with zero attached hydrogens (tertiary/aromatic N) is 2. The fourth-order valence-corrected chi connectivity index (χ4v) is 4.89. The molecule has 0 spiro atoms. The van der Waals surface area contributed by atoms with Crippen molar-refractivity contribution in [2.45, 2.75) is 38.0 Å². The largest absolute Gasteiger partial charge is 0.386 e. The molecule has 7 heteroatoms. The number of halogens is 1. The van der Waals surface area contributed by atoms with E-state index in [1.54, 1.807) is 38.4 Å². The van der Waals surface area contributed by atoms with Crippen molar-refractivity contribution in [2.75, 3.05) is 5.75 Å². The zero-order chi connectivity index (χ0) is 20.7. The minimum atomic E-state index is -3.63. The highest BCUT2D eigenvalue weighted by atomic mass is 32.2. The first-order valence-corrected chi connectivity index (χ1v) is 10.4. The molecule has 1 aliphatic rings. The molecule has 1 aromatic heterocycles.